The van der Waals surface area contributed by atoms with Gasteiger partial charge >= 0.3 is 0 Å². The SMILES string of the molecule is [C-]#[N+]c1cc(CS(=O)(=O)C2CC2)ccc1-c1cnn(-c2ccc(=O)n(CC(C)C)c2)c1. The molecule has 0 N–H and O–H groups in total. The van der Waals surface area contributed by atoms with Crippen LogP contribution in [-0.4, -0.2) is 28.0 Å². The van der Waals surface area contributed by atoms with Crippen molar-refractivity contribution in [3.05, 3.63) is 76.3 Å². The summed E-state index contributed by atoms with van der Waals surface area (Å²) in [5, 5.41) is 4.18. The summed E-state index contributed by atoms with van der Waals surface area (Å²) in [5.41, 5.74) is 3.18. The zero-order valence-electron chi connectivity index (χ0n) is 17.5. The van der Waals surface area contributed by atoms with Crippen LogP contribution < -0.4 is 5.56 Å². The minimum atomic E-state index is -3.14. The molecule has 4 rings (SSSR count). The molecule has 2 aromatic heterocycles. The van der Waals surface area contributed by atoms with Crippen molar-refractivity contribution >= 4 is 15.5 Å². The van der Waals surface area contributed by atoms with Gasteiger partial charge in [-0.05, 0) is 36.0 Å². The first-order chi connectivity index (χ1) is 14.8. The zero-order valence-corrected chi connectivity index (χ0v) is 18.3. The number of hydrogen-bond donors (Lipinski definition) is 0. The van der Waals surface area contributed by atoms with Gasteiger partial charge in [-0.2, -0.15) is 5.10 Å². The van der Waals surface area contributed by atoms with Crippen molar-refractivity contribution in [1.29, 1.82) is 0 Å². The lowest BCUT2D eigenvalue weighted by Gasteiger charge is -2.10. The van der Waals surface area contributed by atoms with E-state index in [4.69, 9.17) is 6.57 Å². The Morgan fingerprint density at radius 3 is 2.65 bits per heavy atom. The van der Waals surface area contributed by atoms with Gasteiger partial charge < -0.3 is 4.57 Å². The first-order valence-corrected chi connectivity index (χ1v) is 12.0. The number of rotatable bonds is 7. The molecule has 1 aliphatic carbocycles. The van der Waals surface area contributed by atoms with Crippen molar-refractivity contribution in [3.63, 3.8) is 0 Å². The average Bonchev–Trinajstić information content (AvgIpc) is 3.48. The molecule has 160 valence electrons. The molecule has 0 aliphatic heterocycles. The van der Waals surface area contributed by atoms with Crippen molar-refractivity contribution in [3.8, 4) is 16.8 Å². The fourth-order valence-corrected chi connectivity index (χ4v) is 5.31. The summed E-state index contributed by atoms with van der Waals surface area (Å²) in [5.74, 6) is 0.307. The molecule has 0 spiro atoms. The van der Waals surface area contributed by atoms with Crippen LogP contribution in [0.4, 0.5) is 5.69 Å². The molecule has 0 saturated heterocycles. The smallest absolute Gasteiger partial charge is 0.250 e. The average molecular weight is 437 g/mol. The first kappa shape index (κ1) is 21.1. The molecule has 0 unspecified atom stereocenters. The molecule has 1 fully saturated rings. The third-order valence-corrected chi connectivity index (χ3v) is 7.49. The van der Waals surface area contributed by atoms with Gasteiger partial charge in [-0.15, -0.1) is 0 Å². The highest BCUT2D eigenvalue weighted by Gasteiger charge is 2.35. The molecule has 31 heavy (non-hydrogen) atoms. The van der Waals surface area contributed by atoms with E-state index < -0.39 is 9.84 Å². The Labute approximate surface area is 181 Å². The van der Waals surface area contributed by atoms with Gasteiger partial charge in [-0.25, -0.2) is 17.9 Å². The van der Waals surface area contributed by atoms with Crippen molar-refractivity contribution < 1.29 is 8.42 Å². The molecule has 2 heterocycles. The van der Waals surface area contributed by atoms with Crippen molar-refractivity contribution in [2.75, 3.05) is 0 Å². The van der Waals surface area contributed by atoms with E-state index in [2.05, 4.69) is 23.8 Å². The van der Waals surface area contributed by atoms with Gasteiger partial charge in [-0.1, -0.05) is 32.0 Å². The molecular weight excluding hydrogens is 412 g/mol. The van der Waals surface area contributed by atoms with Crippen LogP contribution in [0.5, 0.6) is 0 Å². The van der Waals surface area contributed by atoms with Gasteiger partial charge in [0.15, 0.2) is 15.5 Å². The predicted octanol–water partition coefficient (Wildman–Crippen LogP) is 3.98. The maximum Gasteiger partial charge on any atom is 0.250 e. The van der Waals surface area contributed by atoms with Crippen LogP contribution in [0, 0.1) is 12.5 Å². The third-order valence-electron chi connectivity index (χ3n) is 5.27. The summed E-state index contributed by atoms with van der Waals surface area (Å²) in [6.07, 6.45) is 6.73. The van der Waals surface area contributed by atoms with E-state index in [0.717, 1.165) is 24.1 Å². The van der Waals surface area contributed by atoms with Crippen LogP contribution in [0.3, 0.4) is 0 Å². The second-order valence-electron chi connectivity index (χ2n) is 8.42. The molecule has 1 aromatic carbocycles. The quantitative estimate of drug-likeness (QED) is 0.525. The Morgan fingerprint density at radius 1 is 1.19 bits per heavy atom. The van der Waals surface area contributed by atoms with Crippen LogP contribution in [0.2, 0.25) is 0 Å². The number of benzene rings is 1. The summed E-state index contributed by atoms with van der Waals surface area (Å²) in [7, 11) is -3.14. The van der Waals surface area contributed by atoms with E-state index in [1.807, 2.05) is 6.20 Å². The van der Waals surface area contributed by atoms with E-state index in [0.29, 0.717) is 29.3 Å². The van der Waals surface area contributed by atoms with E-state index >= 15 is 0 Å². The standard InChI is InChI=1S/C23H24N4O3S/c1-16(2)12-26-14-19(5-9-23(26)28)27-13-18(11-25-27)21-8-4-17(10-22(21)24-3)15-31(29,30)20-6-7-20/h4-5,8-11,13-14,16,20H,6-7,12,15H2,1-2H3. The van der Waals surface area contributed by atoms with Crippen molar-refractivity contribution in [2.45, 2.75) is 44.2 Å². The second kappa shape index (κ2) is 8.16. The Balaban J connectivity index is 1.63. The van der Waals surface area contributed by atoms with Crippen molar-refractivity contribution in [2.24, 2.45) is 5.92 Å². The Bertz CT molecular complexity index is 1330. The normalized spacial score (nSPS) is 14.0. The van der Waals surface area contributed by atoms with Crippen LogP contribution in [0.15, 0.2) is 53.7 Å². The van der Waals surface area contributed by atoms with Gasteiger partial charge in [0.2, 0.25) is 0 Å². The van der Waals surface area contributed by atoms with Gasteiger partial charge in [0.1, 0.15) is 0 Å². The van der Waals surface area contributed by atoms with E-state index in [1.54, 1.807) is 45.9 Å². The Hall–Kier alpha value is -3.18. The Morgan fingerprint density at radius 2 is 1.97 bits per heavy atom. The van der Waals surface area contributed by atoms with Gasteiger partial charge in [0.25, 0.3) is 5.56 Å². The zero-order chi connectivity index (χ0) is 22.2. The first-order valence-electron chi connectivity index (χ1n) is 10.2. The summed E-state index contributed by atoms with van der Waals surface area (Å²) in [6.45, 7) is 12.3. The predicted molar refractivity (Wildman–Crippen MR) is 120 cm³/mol. The number of aromatic nitrogens is 3. The van der Waals surface area contributed by atoms with Crippen LogP contribution in [0.25, 0.3) is 21.7 Å². The molecule has 1 aliphatic rings. The number of hydrogen-bond acceptors (Lipinski definition) is 4. The van der Waals surface area contributed by atoms with Crippen LogP contribution in [-0.2, 0) is 22.1 Å². The minimum Gasteiger partial charge on any atom is -0.313 e. The highest BCUT2D eigenvalue weighted by molar-refractivity contribution is 7.91. The lowest BCUT2D eigenvalue weighted by molar-refractivity contribution is 0.509. The summed E-state index contributed by atoms with van der Waals surface area (Å²) in [4.78, 5) is 15.7. The number of pyridine rings is 1. The number of nitrogens with zero attached hydrogens (tertiary/aromatic N) is 4. The fraction of sp³-hybridized carbons (Fsp3) is 0.348. The summed E-state index contributed by atoms with van der Waals surface area (Å²) >= 11 is 0. The van der Waals surface area contributed by atoms with Gasteiger partial charge in [0, 0.05) is 30.6 Å². The monoisotopic (exact) mass is 436 g/mol. The van der Waals surface area contributed by atoms with E-state index in [1.165, 1.54) is 6.07 Å². The third kappa shape index (κ3) is 4.62. The van der Waals surface area contributed by atoms with E-state index in [9.17, 15) is 13.2 Å². The maximum absolute atomic E-state index is 12.3. The molecule has 0 atom stereocenters. The molecule has 0 amide bonds. The minimum absolute atomic E-state index is 0.0306. The maximum atomic E-state index is 12.3. The van der Waals surface area contributed by atoms with Crippen LogP contribution in [0.1, 0.15) is 32.3 Å². The highest BCUT2D eigenvalue weighted by Crippen LogP contribution is 2.34. The lowest BCUT2D eigenvalue weighted by atomic mass is 10.1. The largest absolute Gasteiger partial charge is 0.313 e. The molecular formula is C23H24N4O3S. The van der Waals surface area contributed by atoms with E-state index in [-0.39, 0.29) is 16.6 Å². The molecule has 1 saturated carbocycles. The van der Waals surface area contributed by atoms with Crippen LogP contribution >= 0.6 is 0 Å². The fourth-order valence-electron chi connectivity index (χ4n) is 3.57. The van der Waals surface area contributed by atoms with Gasteiger partial charge in [0.05, 0.1) is 29.5 Å². The molecule has 3 aromatic rings. The summed E-state index contributed by atoms with van der Waals surface area (Å²) in [6, 6.07) is 8.45. The number of sulfone groups is 1. The van der Waals surface area contributed by atoms with Crippen molar-refractivity contribution in [1.82, 2.24) is 14.3 Å². The second-order valence-corrected chi connectivity index (χ2v) is 10.7. The molecule has 7 nitrogen and oxygen atoms in total. The molecule has 0 bridgehead atoms. The Kier molecular flexibility index (Phi) is 5.54. The molecule has 0 radical (unpaired) electrons. The highest BCUT2D eigenvalue weighted by atomic mass is 32.2. The summed E-state index contributed by atoms with van der Waals surface area (Å²) < 4.78 is 27.9. The van der Waals surface area contributed by atoms with Gasteiger partial charge in [-0.3, -0.25) is 4.79 Å². The lowest BCUT2D eigenvalue weighted by Crippen LogP contribution is -2.21. The topological polar surface area (TPSA) is 78.3 Å². The molecule has 8 heteroatoms.